The number of carbonyl (C=O) groups excluding carboxylic acids is 1. The van der Waals surface area contributed by atoms with E-state index in [0.717, 1.165) is 29.2 Å². The number of nitrogens with one attached hydrogen (secondary N) is 1. The van der Waals surface area contributed by atoms with E-state index in [9.17, 15) is 4.79 Å². The van der Waals surface area contributed by atoms with E-state index in [-0.39, 0.29) is 5.91 Å². The molecule has 1 fully saturated rings. The summed E-state index contributed by atoms with van der Waals surface area (Å²) in [7, 11) is 0. The second-order valence-electron chi connectivity index (χ2n) is 6.40. The van der Waals surface area contributed by atoms with Gasteiger partial charge in [0.05, 0.1) is 0 Å². The highest BCUT2D eigenvalue weighted by Gasteiger charge is 2.23. The number of aromatic nitrogens is 3. The molecule has 0 radical (unpaired) electrons. The van der Waals surface area contributed by atoms with Gasteiger partial charge in [0.15, 0.2) is 11.6 Å². The van der Waals surface area contributed by atoms with Crippen LogP contribution in [0.4, 0.5) is 17.5 Å². The Labute approximate surface area is 171 Å². The van der Waals surface area contributed by atoms with E-state index in [1.165, 1.54) is 0 Å². The fourth-order valence-corrected chi connectivity index (χ4v) is 3.31. The predicted octanol–water partition coefficient (Wildman–Crippen LogP) is 3.34. The van der Waals surface area contributed by atoms with Gasteiger partial charge in [0.25, 0.3) is 5.91 Å². The van der Waals surface area contributed by atoms with Gasteiger partial charge in [-0.05, 0) is 48.5 Å². The molecule has 142 valence electrons. The molecule has 1 saturated heterocycles. The van der Waals surface area contributed by atoms with Crippen LogP contribution in [0, 0.1) is 0 Å². The lowest BCUT2D eigenvalue weighted by Gasteiger charge is -2.35. The molecule has 7 nitrogen and oxygen atoms in total. The van der Waals surface area contributed by atoms with Gasteiger partial charge in [0, 0.05) is 42.4 Å². The van der Waals surface area contributed by atoms with Crippen molar-refractivity contribution in [2.24, 2.45) is 0 Å². The Bertz CT molecular complexity index is 925. The van der Waals surface area contributed by atoms with Crippen LogP contribution in [0.5, 0.6) is 0 Å². The highest BCUT2D eigenvalue weighted by atomic mass is 79.9. The fraction of sp³-hybridized carbons (Fsp3) is 0.200. The molecule has 28 heavy (non-hydrogen) atoms. The molecule has 4 rings (SSSR count). The summed E-state index contributed by atoms with van der Waals surface area (Å²) >= 11 is 3.40. The number of nitrogens with zero attached hydrogens (tertiary/aromatic N) is 5. The first-order valence-corrected chi connectivity index (χ1v) is 9.80. The number of benzene rings is 1. The van der Waals surface area contributed by atoms with Gasteiger partial charge in [-0.2, -0.15) is 0 Å². The maximum atomic E-state index is 12.6. The van der Waals surface area contributed by atoms with E-state index in [1.807, 2.05) is 59.5 Å². The lowest BCUT2D eigenvalue weighted by Crippen LogP contribution is -2.49. The van der Waals surface area contributed by atoms with Crippen LogP contribution in [0.25, 0.3) is 0 Å². The van der Waals surface area contributed by atoms with Crippen molar-refractivity contribution in [1.29, 1.82) is 0 Å². The number of carbonyl (C=O) groups is 1. The second-order valence-corrected chi connectivity index (χ2v) is 7.32. The molecule has 0 aliphatic carbocycles. The number of hydrogen-bond acceptors (Lipinski definition) is 6. The number of piperazine rings is 1. The maximum Gasteiger partial charge on any atom is 0.253 e. The monoisotopic (exact) mass is 438 g/mol. The summed E-state index contributed by atoms with van der Waals surface area (Å²) < 4.78 is 0.966. The van der Waals surface area contributed by atoms with Crippen LogP contribution < -0.4 is 10.2 Å². The van der Waals surface area contributed by atoms with E-state index < -0.39 is 0 Å². The molecule has 1 N–H and O–H groups in total. The average Bonchev–Trinajstić information content (AvgIpc) is 2.75. The summed E-state index contributed by atoms with van der Waals surface area (Å²) in [5.41, 5.74) is 0.710. The molecule has 0 atom stereocenters. The van der Waals surface area contributed by atoms with Gasteiger partial charge in [-0.15, -0.1) is 10.2 Å². The first-order chi connectivity index (χ1) is 13.7. The van der Waals surface area contributed by atoms with Crippen molar-refractivity contribution >= 4 is 39.3 Å². The highest BCUT2D eigenvalue weighted by Crippen LogP contribution is 2.18. The Morgan fingerprint density at radius 1 is 0.893 bits per heavy atom. The topological polar surface area (TPSA) is 74.2 Å². The van der Waals surface area contributed by atoms with Crippen molar-refractivity contribution in [2.75, 3.05) is 36.4 Å². The lowest BCUT2D eigenvalue weighted by atomic mass is 10.2. The molecule has 0 unspecified atom stereocenters. The molecule has 0 bridgehead atoms. The Morgan fingerprint density at radius 3 is 2.32 bits per heavy atom. The summed E-state index contributed by atoms with van der Waals surface area (Å²) in [6, 6.07) is 16.9. The third-order valence-electron chi connectivity index (χ3n) is 4.55. The van der Waals surface area contributed by atoms with Crippen LogP contribution in [0.1, 0.15) is 10.4 Å². The molecule has 3 heterocycles. The molecule has 3 aromatic rings. The third-order valence-corrected chi connectivity index (χ3v) is 5.08. The van der Waals surface area contributed by atoms with Crippen LogP contribution in [0.3, 0.4) is 0 Å². The summed E-state index contributed by atoms with van der Waals surface area (Å²) in [6.07, 6.45) is 1.72. The molecule has 0 saturated carbocycles. The number of anilines is 3. The molecule has 1 aromatic carbocycles. The smallest absolute Gasteiger partial charge is 0.253 e. The lowest BCUT2D eigenvalue weighted by molar-refractivity contribution is 0.0746. The van der Waals surface area contributed by atoms with Gasteiger partial charge in [-0.25, -0.2) is 4.98 Å². The van der Waals surface area contributed by atoms with Crippen LogP contribution in [0.2, 0.25) is 0 Å². The molecule has 8 heteroatoms. The van der Waals surface area contributed by atoms with Crippen molar-refractivity contribution in [2.45, 2.75) is 0 Å². The zero-order chi connectivity index (χ0) is 19.3. The highest BCUT2D eigenvalue weighted by molar-refractivity contribution is 9.10. The quantitative estimate of drug-likeness (QED) is 0.673. The molecule has 1 aliphatic heterocycles. The third kappa shape index (κ3) is 4.28. The Hall–Kier alpha value is -3.00. The fourth-order valence-electron chi connectivity index (χ4n) is 3.04. The van der Waals surface area contributed by atoms with Crippen molar-refractivity contribution in [3.63, 3.8) is 0 Å². The van der Waals surface area contributed by atoms with Crippen LogP contribution in [0.15, 0.2) is 65.3 Å². The summed E-state index contributed by atoms with van der Waals surface area (Å²) in [5, 5.41) is 11.7. The van der Waals surface area contributed by atoms with Crippen LogP contribution in [-0.4, -0.2) is 52.2 Å². The molecule has 2 aromatic heterocycles. The number of pyridine rings is 1. The minimum Gasteiger partial charge on any atom is -0.352 e. The predicted molar refractivity (Wildman–Crippen MR) is 112 cm³/mol. The van der Waals surface area contributed by atoms with E-state index >= 15 is 0 Å². The average molecular weight is 439 g/mol. The zero-order valence-electron chi connectivity index (χ0n) is 15.1. The van der Waals surface area contributed by atoms with E-state index in [4.69, 9.17) is 0 Å². The van der Waals surface area contributed by atoms with Gasteiger partial charge >= 0.3 is 0 Å². The van der Waals surface area contributed by atoms with Gasteiger partial charge in [0.1, 0.15) is 5.82 Å². The molecular formula is C20H19BrN6O. The van der Waals surface area contributed by atoms with Crippen molar-refractivity contribution < 1.29 is 4.79 Å². The Balaban J connectivity index is 1.34. The number of rotatable bonds is 4. The molecule has 0 spiro atoms. The van der Waals surface area contributed by atoms with Crippen LogP contribution >= 0.6 is 15.9 Å². The summed E-state index contributed by atoms with van der Waals surface area (Å²) in [4.78, 5) is 20.9. The van der Waals surface area contributed by atoms with Gasteiger partial charge in [-0.3, -0.25) is 4.79 Å². The molecule has 1 amide bonds. The Kier molecular flexibility index (Phi) is 5.48. The Morgan fingerprint density at radius 2 is 1.68 bits per heavy atom. The van der Waals surface area contributed by atoms with E-state index in [0.29, 0.717) is 24.5 Å². The number of amides is 1. The summed E-state index contributed by atoms with van der Waals surface area (Å²) in [6.45, 7) is 2.77. The number of hydrogen-bond donors (Lipinski definition) is 1. The zero-order valence-corrected chi connectivity index (χ0v) is 16.7. The maximum absolute atomic E-state index is 12.6. The summed E-state index contributed by atoms with van der Waals surface area (Å²) in [5.74, 6) is 2.24. The largest absolute Gasteiger partial charge is 0.352 e. The first-order valence-electron chi connectivity index (χ1n) is 9.00. The molecule has 1 aliphatic rings. The minimum atomic E-state index is 0.0631. The van der Waals surface area contributed by atoms with Crippen molar-refractivity contribution in [3.05, 3.63) is 70.8 Å². The van der Waals surface area contributed by atoms with Gasteiger partial charge in [0.2, 0.25) is 0 Å². The SMILES string of the molecule is O=C(c1ccc(Br)cc1)N1CCN(c2ccc(Nc3ccccn3)nn2)CC1. The van der Waals surface area contributed by atoms with Crippen molar-refractivity contribution in [3.8, 4) is 0 Å². The molecular weight excluding hydrogens is 420 g/mol. The van der Waals surface area contributed by atoms with Crippen molar-refractivity contribution in [1.82, 2.24) is 20.1 Å². The van der Waals surface area contributed by atoms with E-state index in [2.05, 4.69) is 41.3 Å². The van der Waals surface area contributed by atoms with Crippen LogP contribution in [-0.2, 0) is 0 Å². The van der Waals surface area contributed by atoms with Gasteiger partial charge < -0.3 is 15.1 Å². The first kappa shape index (κ1) is 18.4. The van der Waals surface area contributed by atoms with Gasteiger partial charge in [-0.1, -0.05) is 22.0 Å². The standard InChI is InChI=1S/C20H19BrN6O/c21-16-6-4-15(5-7-16)20(28)27-13-11-26(12-14-27)19-9-8-18(24-25-19)23-17-3-1-2-10-22-17/h1-10H,11-14H2,(H,22,23,24). The minimum absolute atomic E-state index is 0.0631. The van der Waals surface area contributed by atoms with E-state index in [1.54, 1.807) is 6.20 Å². The number of halogens is 1. The normalized spacial score (nSPS) is 14.0. The second kappa shape index (κ2) is 8.35.